The molecule has 1 saturated heterocycles. The summed E-state index contributed by atoms with van der Waals surface area (Å²) in [5.74, 6) is 0.318. The molecule has 3 rings (SSSR count). The first kappa shape index (κ1) is 13.3. The highest BCUT2D eigenvalue weighted by molar-refractivity contribution is 6.16. The smallest absolute Gasteiger partial charge is 0.235 e. The molecule has 1 spiro atoms. The average Bonchev–Trinajstić information content (AvgIpc) is 2.97. The van der Waals surface area contributed by atoms with Crippen LogP contribution in [0, 0.1) is 5.41 Å². The average molecular weight is 276 g/mol. The summed E-state index contributed by atoms with van der Waals surface area (Å²) >= 11 is 0. The van der Waals surface area contributed by atoms with Crippen molar-refractivity contribution in [1.29, 1.82) is 0 Å². The lowest BCUT2D eigenvalue weighted by Gasteiger charge is -2.37. The SMILES string of the molecule is Cn1ncc(CN)c1N1C(=O)CC2(CCCC2)CC1=O. The van der Waals surface area contributed by atoms with Crippen molar-refractivity contribution < 1.29 is 9.59 Å². The number of carbonyl (C=O) groups is 2. The largest absolute Gasteiger partial charge is 0.326 e. The number of anilines is 1. The maximum Gasteiger partial charge on any atom is 0.235 e. The van der Waals surface area contributed by atoms with E-state index in [1.165, 1.54) is 4.90 Å². The number of nitrogens with two attached hydrogens (primary N) is 1. The van der Waals surface area contributed by atoms with Gasteiger partial charge in [0.1, 0.15) is 5.82 Å². The number of aromatic nitrogens is 2. The molecule has 0 unspecified atom stereocenters. The van der Waals surface area contributed by atoms with Crippen molar-refractivity contribution in [1.82, 2.24) is 9.78 Å². The van der Waals surface area contributed by atoms with Crippen molar-refractivity contribution in [2.24, 2.45) is 18.2 Å². The van der Waals surface area contributed by atoms with E-state index in [0.717, 1.165) is 31.2 Å². The molecule has 108 valence electrons. The number of aryl methyl sites for hydroxylation is 1. The van der Waals surface area contributed by atoms with Crippen LogP contribution in [0.4, 0.5) is 5.82 Å². The van der Waals surface area contributed by atoms with Gasteiger partial charge in [-0.15, -0.1) is 0 Å². The van der Waals surface area contributed by atoms with E-state index >= 15 is 0 Å². The second kappa shape index (κ2) is 4.70. The molecule has 1 saturated carbocycles. The highest BCUT2D eigenvalue weighted by Gasteiger charge is 2.46. The van der Waals surface area contributed by atoms with Gasteiger partial charge in [-0.1, -0.05) is 12.8 Å². The topological polar surface area (TPSA) is 81.2 Å². The first-order chi connectivity index (χ1) is 9.56. The quantitative estimate of drug-likeness (QED) is 0.820. The van der Waals surface area contributed by atoms with Crippen LogP contribution < -0.4 is 10.6 Å². The zero-order valence-corrected chi connectivity index (χ0v) is 11.8. The maximum absolute atomic E-state index is 12.5. The highest BCUT2D eigenvalue weighted by atomic mass is 16.2. The summed E-state index contributed by atoms with van der Waals surface area (Å²) in [6.07, 6.45) is 6.79. The molecule has 2 fully saturated rings. The van der Waals surface area contributed by atoms with Crippen LogP contribution in [0.3, 0.4) is 0 Å². The Balaban J connectivity index is 1.93. The van der Waals surface area contributed by atoms with Gasteiger partial charge in [0.2, 0.25) is 11.8 Å². The molecule has 1 aliphatic carbocycles. The molecule has 0 aromatic carbocycles. The van der Waals surface area contributed by atoms with E-state index in [1.807, 2.05) is 0 Å². The molecule has 6 nitrogen and oxygen atoms in total. The molecular formula is C14H20N4O2. The molecule has 2 aliphatic rings. The van der Waals surface area contributed by atoms with Crippen molar-refractivity contribution in [2.75, 3.05) is 4.90 Å². The third-order valence-corrected chi connectivity index (χ3v) is 4.63. The van der Waals surface area contributed by atoms with Gasteiger partial charge >= 0.3 is 0 Å². The Bertz CT molecular complexity index is 538. The predicted octanol–water partition coefficient (Wildman–Crippen LogP) is 1.09. The van der Waals surface area contributed by atoms with Gasteiger partial charge in [-0.2, -0.15) is 5.10 Å². The standard InChI is InChI=1S/C14H20N4O2/c1-17-13(10(8-15)9-16-17)18-11(19)6-14(7-12(18)20)4-2-3-5-14/h9H,2-8,15H2,1H3. The van der Waals surface area contributed by atoms with Gasteiger partial charge in [0.25, 0.3) is 0 Å². The minimum Gasteiger partial charge on any atom is -0.326 e. The fraction of sp³-hybridized carbons (Fsp3) is 0.643. The summed E-state index contributed by atoms with van der Waals surface area (Å²) in [5, 5.41) is 4.11. The Labute approximate surface area is 117 Å². The summed E-state index contributed by atoms with van der Waals surface area (Å²) < 4.78 is 1.56. The summed E-state index contributed by atoms with van der Waals surface area (Å²) in [7, 11) is 1.73. The molecule has 2 N–H and O–H groups in total. The third-order valence-electron chi connectivity index (χ3n) is 4.63. The van der Waals surface area contributed by atoms with E-state index < -0.39 is 0 Å². The van der Waals surface area contributed by atoms with E-state index in [0.29, 0.717) is 18.7 Å². The number of carbonyl (C=O) groups excluding carboxylic acids is 2. The number of piperidine rings is 1. The van der Waals surface area contributed by atoms with Crippen molar-refractivity contribution >= 4 is 17.6 Å². The Hall–Kier alpha value is -1.69. The number of hydrogen-bond donors (Lipinski definition) is 1. The predicted molar refractivity (Wildman–Crippen MR) is 73.7 cm³/mol. The fourth-order valence-electron chi connectivity index (χ4n) is 3.62. The lowest BCUT2D eigenvalue weighted by atomic mass is 9.76. The molecular weight excluding hydrogens is 256 g/mol. The molecule has 20 heavy (non-hydrogen) atoms. The maximum atomic E-state index is 12.5. The van der Waals surface area contributed by atoms with Gasteiger partial charge in [0.05, 0.1) is 6.20 Å². The number of rotatable bonds is 2. The lowest BCUT2D eigenvalue weighted by Crippen LogP contribution is -2.48. The summed E-state index contributed by atoms with van der Waals surface area (Å²) in [6.45, 7) is 0.269. The fourth-order valence-corrected chi connectivity index (χ4v) is 3.62. The molecule has 1 aromatic rings. The number of amides is 2. The van der Waals surface area contributed by atoms with Crippen LogP contribution in [-0.4, -0.2) is 21.6 Å². The van der Waals surface area contributed by atoms with Crippen molar-refractivity contribution in [2.45, 2.75) is 45.1 Å². The van der Waals surface area contributed by atoms with Gasteiger partial charge in [-0.3, -0.25) is 14.3 Å². The first-order valence-electron chi connectivity index (χ1n) is 7.13. The second-order valence-electron chi connectivity index (χ2n) is 6.00. The molecule has 6 heteroatoms. The molecule has 0 bridgehead atoms. The van der Waals surface area contributed by atoms with Crippen LogP contribution in [0.2, 0.25) is 0 Å². The van der Waals surface area contributed by atoms with Crippen LogP contribution in [0.5, 0.6) is 0 Å². The van der Waals surface area contributed by atoms with E-state index in [-0.39, 0.29) is 23.8 Å². The van der Waals surface area contributed by atoms with Crippen LogP contribution in [0.1, 0.15) is 44.1 Å². The highest BCUT2D eigenvalue weighted by Crippen LogP contribution is 2.47. The zero-order valence-electron chi connectivity index (χ0n) is 11.8. The van der Waals surface area contributed by atoms with Crippen LogP contribution in [0.25, 0.3) is 0 Å². The Morgan fingerprint density at radius 1 is 1.25 bits per heavy atom. The monoisotopic (exact) mass is 276 g/mol. The second-order valence-corrected chi connectivity index (χ2v) is 6.00. The van der Waals surface area contributed by atoms with E-state index in [1.54, 1.807) is 17.9 Å². The minimum absolute atomic E-state index is 0.0772. The number of nitrogens with zero attached hydrogens (tertiary/aromatic N) is 3. The van der Waals surface area contributed by atoms with E-state index in [4.69, 9.17) is 5.73 Å². The molecule has 1 aliphatic heterocycles. The normalized spacial score (nSPS) is 22.0. The van der Waals surface area contributed by atoms with Crippen LogP contribution in [0.15, 0.2) is 6.20 Å². The van der Waals surface area contributed by atoms with E-state index in [2.05, 4.69) is 5.10 Å². The van der Waals surface area contributed by atoms with Gasteiger partial charge in [0, 0.05) is 32.0 Å². The van der Waals surface area contributed by atoms with Gasteiger partial charge < -0.3 is 5.73 Å². The molecule has 0 atom stereocenters. The van der Waals surface area contributed by atoms with Crippen LogP contribution in [-0.2, 0) is 23.2 Å². The molecule has 1 aromatic heterocycles. The van der Waals surface area contributed by atoms with Crippen molar-refractivity contribution in [3.05, 3.63) is 11.8 Å². The first-order valence-corrected chi connectivity index (χ1v) is 7.13. The minimum atomic E-state index is -0.110. The Morgan fingerprint density at radius 2 is 1.85 bits per heavy atom. The lowest BCUT2D eigenvalue weighted by molar-refractivity contribution is -0.133. The van der Waals surface area contributed by atoms with Gasteiger partial charge in [-0.25, -0.2) is 4.90 Å². The molecule has 2 heterocycles. The van der Waals surface area contributed by atoms with Crippen molar-refractivity contribution in [3.63, 3.8) is 0 Å². The van der Waals surface area contributed by atoms with Crippen molar-refractivity contribution in [3.8, 4) is 0 Å². The Morgan fingerprint density at radius 3 is 2.40 bits per heavy atom. The Kier molecular flexibility index (Phi) is 3.12. The van der Waals surface area contributed by atoms with E-state index in [9.17, 15) is 9.59 Å². The number of hydrogen-bond acceptors (Lipinski definition) is 4. The summed E-state index contributed by atoms with van der Waals surface area (Å²) in [6, 6.07) is 0. The molecule has 2 amide bonds. The summed E-state index contributed by atoms with van der Waals surface area (Å²) in [5.41, 5.74) is 6.33. The van der Waals surface area contributed by atoms with Gasteiger partial charge in [0.15, 0.2) is 0 Å². The summed E-state index contributed by atoms with van der Waals surface area (Å²) in [4.78, 5) is 26.3. The number of imide groups is 1. The zero-order chi connectivity index (χ0) is 14.3. The molecule has 0 radical (unpaired) electrons. The third kappa shape index (κ3) is 1.95. The van der Waals surface area contributed by atoms with Gasteiger partial charge in [-0.05, 0) is 18.3 Å². The van der Waals surface area contributed by atoms with Crippen LogP contribution >= 0.6 is 0 Å².